The Kier molecular flexibility index (Phi) is 7.57. The highest BCUT2D eigenvalue weighted by atomic mass is 16.2. The molecule has 0 saturated carbocycles. The molecule has 1 heterocycles. The summed E-state index contributed by atoms with van der Waals surface area (Å²) in [6.07, 6.45) is 12.0. The highest BCUT2D eigenvalue weighted by Crippen LogP contribution is 2.12. The van der Waals surface area contributed by atoms with Crippen molar-refractivity contribution in [1.29, 1.82) is 0 Å². The average Bonchev–Trinajstić information content (AvgIpc) is 2.62. The van der Waals surface area contributed by atoms with Crippen molar-refractivity contribution >= 4 is 18.2 Å². The molecular formula is C21H26N3O+. The standard InChI is InChI=1S/C21H25N3O/c1-3-4-6-12-19(15-18-10-7-5-8-11-18)16-22-23-21(25)20-13-9-14-24(2)17-20/h5,7-11,13-17H,3-4,6,12H2,1-2H3/p+1/b19-15-,22-16+. The second kappa shape index (κ2) is 10.2. The second-order valence-electron chi connectivity index (χ2n) is 6.04. The van der Waals surface area contributed by atoms with Gasteiger partial charge in [0.1, 0.15) is 12.6 Å². The lowest BCUT2D eigenvalue weighted by atomic mass is 10.1. The Morgan fingerprint density at radius 1 is 1.16 bits per heavy atom. The fraction of sp³-hybridized carbons (Fsp3) is 0.286. The number of hydrazone groups is 1. The number of unbranched alkanes of at least 4 members (excludes halogenated alkanes) is 2. The first-order valence-electron chi connectivity index (χ1n) is 8.73. The second-order valence-corrected chi connectivity index (χ2v) is 6.04. The van der Waals surface area contributed by atoms with Gasteiger partial charge in [-0.15, -0.1) is 0 Å². The molecule has 0 aliphatic heterocycles. The Balaban J connectivity index is 2.03. The maximum atomic E-state index is 12.1. The summed E-state index contributed by atoms with van der Waals surface area (Å²) in [7, 11) is 1.88. The van der Waals surface area contributed by atoms with Gasteiger partial charge >= 0.3 is 0 Å². The van der Waals surface area contributed by atoms with Crippen LogP contribution in [0.4, 0.5) is 0 Å². The number of nitrogens with one attached hydrogen (secondary N) is 1. The van der Waals surface area contributed by atoms with E-state index in [0.29, 0.717) is 5.56 Å². The van der Waals surface area contributed by atoms with Crippen LogP contribution in [0.2, 0.25) is 0 Å². The zero-order valence-electron chi connectivity index (χ0n) is 15.0. The summed E-state index contributed by atoms with van der Waals surface area (Å²) in [4.78, 5) is 12.1. The predicted molar refractivity (Wildman–Crippen MR) is 102 cm³/mol. The van der Waals surface area contributed by atoms with E-state index in [1.807, 2.05) is 42.1 Å². The highest BCUT2D eigenvalue weighted by molar-refractivity contribution is 5.94. The van der Waals surface area contributed by atoms with Crippen molar-refractivity contribution in [2.75, 3.05) is 0 Å². The number of aryl methyl sites for hydroxylation is 1. The number of pyridine rings is 1. The molecule has 1 aromatic carbocycles. The summed E-state index contributed by atoms with van der Waals surface area (Å²) < 4.78 is 1.84. The van der Waals surface area contributed by atoms with Crippen LogP contribution in [0.15, 0.2) is 65.5 Å². The maximum Gasteiger partial charge on any atom is 0.277 e. The van der Waals surface area contributed by atoms with E-state index in [1.165, 1.54) is 12.8 Å². The third kappa shape index (κ3) is 6.71. The molecule has 0 spiro atoms. The third-order valence-electron chi connectivity index (χ3n) is 3.82. The Morgan fingerprint density at radius 2 is 1.96 bits per heavy atom. The van der Waals surface area contributed by atoms with Crippen molar-refractivity contribution in [1.82, 2.24) is 5.43 Å². The molecule has 0 aliphatic carbocycles. The van der Waals surface area contributed by atoms with E-state index in [-0.39, 0.29) is 5.91 Å². The lowest BCUT2D eigenvalue weighted by Gasteiger charge is -2.03. The van der Waals surface area contributed by atoms with Gasteiger partial charge in [-0.2, -0.15) is 5.10 Å². The number of allylic oxidation sites excluding steroid dienone is 1. The summed E-state index contributed by atoms with van der Waals surface area (Å²) >= 11 is 0. The van der Waals surface area contributed by atoms with Crippen LogP contribution in [0.1, 0.15) is 48.5 Å². The highest BCUT2D eigenvalue weighted by Gasteiger charge is 2.07. The van der Waals surface area contributed by atoms with Crippen molar-refractivity contribution in [3.05, 3.63) is 71.6 Å². The quantitative estimate of drug-likeness (QED) is 0.338. The van der Waals surface area contributed by atoms with Crippen LogP contribution in [0.25, 0.3) is 6.08 Å². The minimum Gasteiger partial charge on any atom is -0.267 e. The zero-order valence-corrected chi connectivity index (χ0v) is 15.0. The van der Waals surface area contributed by atoms with Crippen LogP contribution in [0.3, 0.4) is 0 Å². The van der Waals surface area contributed by atoms with Crippen LogP contribution in [-0.2, 0) is 7.05 Å². The Morgan fingerprint density at radius 3 is 2.68 bits per heavy atom. The van der Waals surface area contributed by atoms with Crippen molar-refractivity contribution in [3.8, 4) is 0 Å². The van der Waals surface area contributed by atoms with Gasteiger partial charge in [0.2, 0.25) is 0 Å². The molecule has 4 heteroatoms. The van der Waals surface area contributed by atoms with Crippen molar-refractivity contribution in [2.24, 2.45) is 12.1 Å². The lowest BCUT2D eigenvalue weighted by molar-refractivity contribution is -0.671. The van der Waals surface area contributed by atoms with Crippen LogP contribution in [0.5, 0.6) is 0 Å². The molecule has 25 heavy (non-hydrogen) atoms. The smallest absolute Gasteiger partial charge is 0.267 e. The topological polar surface area (TPSA) is 45.3 Å². The Bertz CT molecular complexity index is 736. The summed E-state index contributed by atoms with van der Waals surface area (Å²) in [5.41, 5.74) is 5.44. The van der Waals surface area contributed by atoms with Gasteiger partial charge in [-0.3, -0.25) is 4.79 Å². The molecular weight excluding hydrogens is 310 g/mol. The number of nitrogens with zero attached hydrogens (tertiary/aromatic N) is 2. The van der Waals surface area contributed by atoms with Crippen molar-refractivity contribution < 1.29 is 9.36 Å². The van der Waals surface area contributed by atoms with E-state index in [1.54, 1.807) is 18.5 Å². The van der Waals surface area contributed by atoms with Gasteiger partial charge in [-0.25, -0.2) is 9.99 Å². The van der Waals surface area contributed by atoms with Crippen molar-refractivity contribution in [2.45, 2.75) is 32.6 Å². The van der Waals surface area contributed by atoms with Crippen LogP contribution >= 0.6 is 0 Å². The normalized spacial score (nSPS) is 11.7. The first kappa shape index (κ1) is 18.6. The molecule has 0 atom stereocenters. The molecule has 0 unspecified atom stereocenters. The fourth-order valence-electron chi connectivity index (χ4n) is 2.48. The van der Waals surface area contributed by atoms with Gasteiger partial charge in [0, 0.05) is 6.07 Å². The van der Waals surface area contributed by atoms with Gasteiger partial charge in [-0.05, 0) is 30.0 Å². The number of rotatable bonds is 8. The molecule has 0 bridgehead atoms. The molecule has 1 N–H and O–H groups in total. The minimum atomic E-state index is -0.208. The number of hydrogen-bond acceptors (Lipinski definition) is 2. The van der Waals surface area contributed by atoms with E-state index < -0.39 is 0 Å². The summed E-state index contributed by atoms with van der Waals surface area (Å²) in [6, 6.07) is 13.8. The van der Waals surface area contributed by atoms with Gasteiger partial charge in [0.05, 0.1) is 6.21 Å². The number of carbonyl (C=O) groups excluding carboxylic acids is 1. The molecule has 0 aliphatic rings. The Hall–Kier alpha value is -2.75. The summed E-state index contributed by atoms with van der Waals surface area (Å²) in [5.74, 6) is -0.208. The SMILES string of the molecule is CCCCCC(=C/c1ccccc1)/C=N/NC(=O)c1ccc[n+](C)c1. The number of hydrogen-bond donors (Lipinski definition) is 1. The molecule has 0 saturated heterocycles. The molecule has 0 fully saturated rings. The zero-order chi connectivity index (χ0) is 17.9. The van der Waals surface area contributed by atoms with E-state index in [0.717, 1.165) is 24.0 Å². The molecule has 1 amide bonds. The minimum absolute atomic E-state index is 0.208. The van der Waals surface area contributed by atoms with E-state index in [2.05, 4.69) is 35.7 Å². The third-order valence-corrected chi connectivity index (χ3v) is 3.82. The van der Waals surface area contributed by atoms with Crippen LogP contribution in [-0.4, -0.2) is 12.1 Å². The van der Waals surface area contributed by atoms with Gasteiger partial charge in [0.25, 0.3) is 5.91 Å². The number of amides is 1. The summed E-state index contributed by atoms with van der Waals surface area (Å²) in [6.45, 7) is 2.19. The molecule has 0 radical (unpaired) electrons. The number of aromatic nitrogens is 1. The maximum absolute atomic E-state index is 12.1. The molecule has 2 rings (SSSR count). The van der Waals surface area contributed by atoms with Gasteiger partial charge in [-0.1, -0.05) is 56.2 Å². The van der Waals surface area contributed by atoms with Crippen LogP contribution < -0.4 is 9.99 Å². The molecule has 1 aromatic heterocycles. The van der Waals surface area contributed by atoms with Gasteiger partial charge < -0.3 is 0 Å². The molecule has 2 aromatic rings. The number of carbonyl (C=O) groups is 1. The first-order chi connectivity index (χ1) is 12.2. The van der Waals surface area contributed by atoms with Crippen LogP contribution in [0, 0.1) is 0 Å². The average molecular weight is 336 g/mol. The monoisotopic (exact) mass is 336 g/mol. The van der Waals surface area contributed by atoms with Gasteiger partial charge in [0.15, 0.2) is 12.4 Å². The van der Waals surface area contributed by atoms with Crippen molar-refractivity contribution in [3.63, 3.8) is 0 Å². The largest absolute Gasteiger partial charge is 0.277 e. The van der Waals surface area contributed by atoms with E-state index in [9.17, 15) is 4.79 Å². The molecule has 4 nitrogen and oxygen atoms in total. The lowest BCUT2D eigenvalue weighted by Crippen LogP contribution is -2.29. The first-order valence-corrected chi connectivity index (χ1v) is 8.73. The van der Waals surface area contributed by atoms with E-state index in [4.69, 9.17) is 0 Å². The predicted octanol–water partition coefficient (Wildman–Crippen LogP) is 3.89. The number of benzene rings is 1. The fourth-order valence-corrected chi connectivity index (χ4v) is 2.48. The Labute approximate surface area is 149 Å². The molecule has 130 valence electrons. The summed E-state index contributed by atoms with van der Waals surface area (Å²) in [5, 5.41) is 4.15. The van der Waals surface area contributed by atoms with E-state index >= 15 is 0 Å².